The number of nitrogens with zero attached hydrogens (tertiary/aromatic N) is 2. The smallest absolute Gasteiger partial charge is 0.272 e. The summed E-state index contributed by atoms with van der Waals surface area (Å²) >= 11 is 0. The van der Waals surface area contributed by atoms with Crippen molar-refractivity contribution in [3.8, 4) is 0 Å². The molecule has 0 saturated carbocycles. The van der Waals surface area contributed by atoms with Crippen molar-refractivity contribution in [3.63, 3.8) is 0 Å². The van der Waals surface area contributed by atoms with Crippen molar-refractivity contribution in [2.75, 3.05) is 24.5 Å². The first-order valence-electron chi connectivity index (χ1n) is 5.50. The van der Waals surface area contributed by atoms with Crippen LogP contribution in [0.1, 0.15) is 6.92 Å². The Bertz CT molecular complexity index is 439. The van der Waals surface area contributed by atoms with E-state index in [1.54, 1.807) is 0 Å². The Kier molecular flexibility index (Phi) is 3.23. The van der Waals surface area contributed by atoms with Crippen LogP contribution in [0.15, 0.2) is 18.2 Å². The van der Waals surface area contributed by atoms with Gasteiger partial charge in [0.1, 0.15) is 0 Å². The third-order valence-electron chi connectivity index (χ3n) is 2.85. The average Bonchev–Trinajstić information content (AvgIpc) is 2.28. The maximum absolute atomic E-state index is 13.8. The number of nitro groups is 1. The van der Waals surface area contributed by atoms with Gasteiger partial charge in [0.25, 0.3) is 5.69 Å². The number of nitrogens with one attached hydrogen (secondary N) is 1. The standard InChI is InChI=1S/C11H14FN3O2/c1-8-7-14(5-4-13-8)11-3-2-9(15(16)17)6-10(11)12/h2-3,6,8,13H,4-5,7H2,1H3. The van der Waals surface area contributed by atoms with E-state index in [9.17, 15) is 14.5 Å². The van der Waals surface area contributed by atoms with Crippen LogP contribution in [0.25, 0.3) is 0 Å². The quantitative estimate of drug-likeness (QED) is 0.628. The Morgan fingerprint density at radius 2 is 2.35 bits per heavy atom. The zero-order chi connectivity index (χ0) is 12.4. The second-order valence-corrected chi connectivity index (χ2v) is 4.19. The third-order valence-corrected chi connectivity index (χ3v) is 2.85. The number of piperazine rings is 1. The van der Waals surface area contributed by atoms with E-state index >= 15 is 0 Å². The summed E-state index contributed by atoms with van der Waals surface area (Å²) in [5.41, 5.74) is 0.221. The lowest BCUT2D eigenvalue weighted by Crippen LogP contribution is -2.49. The molecule has 6 heteroatoms. The fourth-order valence-corrected chi connectivity index (χ4v) is 2.02. The molecular weight excluding hydrogens is 225 g/mol. The van der Waals surface area contributed by atoms with Gasteiger partial charge >= 0.3 is 0 Å². The van der Waals surface area contributed by atoms with Crippen LogP contribution in [0.2, 0.25) is 0 Å². The monoisotopic (exact) mass is 239 g/mol. The maximum Gasteiger partial charge on any atom is 0.272 e. The highest BCUT2D eigenvalue weighted by Crippen LogP contribution is 2.24. The van der Waals surface area contributed by atoms with Crippen molar-refractivity contribution >= 4 is 11.4 Å². The molecule has 1 aromatic carbocycles. The Labute approximate surface area is 98.4 Å². The zero-order valence-corrected chi connectivity index (χ0v) is 9.52. The van der Waals surface area contributed by atoms with E-state index in [4.69, 9.17) is 0 Å². The molecule has 0 amide bonds. The number of halogens is 1. The minimum Gasteiger partial charge on any atom is -0.366 e. The van der Waals surface area contributed by atoms with Crippen LogP contribution in [-0.4, -0.2) is 30.6 Å². The number of nitro benzene ring substituents is 1. The summed E-state index contributed by atoms with van der Waals surface area (Å²) in [4.78, 5) is 11.8. The first-order chi connectivity index (χ1) is 8.08. The molecular formula is C11H14FN3O2. The zero-order valence-electron chi connectivity index (χ0n) is 9.52. The van der Waals surface area contributed by atoms with Gasteiger partial charge in [-0.05, 0) is 13.0 Å². The van der Waals surface area contributed by atoms with Gasteiger partial charge in [-0.15, -0.1) is 0 Å². The molecule has 2 rings (SSSR count). The summed E-state index contributed by atoms with van der Waals surface area (Å²) in [6, 6.07) is 4.08. The second kappa shape index (κ2) is 4.67. The highest BCUT2D eigenvalue weighted by atomic mass is 19.1. The first kappa shape index (κ1) is 11.8. The number of anilines is 1. The highest BCUT2D eigenvalue weighted by Gasteiger charge is 2.20. The van der Waals surface area contributed by atoms with E-state index in [-0.39, 0.29) is 5.69 Å². The molecule has 1 saturated heterocycles. The van der Waals surface area contributed by atoms with E-state index in [1.807, 2.05) is 11.8 Å². The largest absolute Gasteiger partial charge is 0.366 e. The van der Waals surface area contributed by atoms with Crippen LogP contribution in [-0.2, 0) is 0 Å². The predicted octanol–water partition coefficient (Wildman–Crippen LogP) is 1.53. The Balaban J connectivity index is 2.23. The minimum absolute atomic E-state index is 0.213. The average molecular weight is 239 g/mol. The molecule has 1 aromatic rings. The lowest BCUT2D eigenvalue weighted by atomic mass is 10.2. The van der Waals surface area contributed by atoms with Crippen molar-refractivity contribution in [1.82, 2.24) is 5.32 Å². The first-order valence-corrected chi connectivity index (χ1v) is 5.50. The molecule has 1 unspecified atom stereocenters. The summed E-state index contributed by atoms with van der Waals surface area (Å²) in [6.07, 6.45) is 0. The van der Waals surface area contributed by atoms with E-state index in [0.29, 0.717) is 24.8 Å². The summed E-state index contributed by atoms with van der Waals surface area (Å²) in [7, 11) is 0. The van der Waals surface area contributed by atoms with Gasteiger partial charge in [0.2, 0.25) is 0 Å². The lowest BCUT2D eigenvalue weighted by Gasteiger charge is -2.33. The van der Waals surface area contributed by atoms with Crippen molar-refractivity contribution in [2.45, 2.75) is 13.0 Å². The summed E-state index contributed by atoms with van der Waals surface area (Å²) in [5.74, 6) is -0.534. The molecule has 0 bridgehead atoms. The molecule has 17 heavy (non-hydrogen) atoms. The predicted molar refractivity (Wildman–Crippen MR) is 62.7 cm³/mol. The number of hydrogen-bond donors (Lipinski definition) is 1. The van der Waals surface area contributed by atoms with Crippen LogP contribution >= 0.6 is 0 Å². The number of non-ortho nitro benzene ring substituents is 1. The Morgan fingerprint density at radius 1 is 1.59 bits per heavy atom. The number of benzene rings is 1. The van der Waals surface area contributed by atoms with Gasteiger partial charge in [0, 0.05) is 31.7 Å². The van der Waals surface area contributed by atoms with Crippen LogP contribution in [0.4, 0.5) is 15.8 Å². The molecule has 1 atom stereocenters. The van der Waals surface area contributed by atoms with Crippen molar-refractivity contribution in [1.29, 1.82) is 0 Å². The summed E-state index contributed by atoms with van der Waals surface area (Å²) in [6.45, 7) is 4.22. The third kappa shape index (κ3) is 2.52. The molecule has 0 spiro atoms. The van der Waals surface area contributed by atoms with E-state index in [0.717, 1.165) is 12.6 Å². The van der Waals surface area contributed by atoms with Gasteiger partial charge in [0.05, 0.1) is 16.7 Å². The molecule has 0 radical (unpaired) electrons. The fraction of sp³-hybridized carbons (Fsp3) is 0.455. The Hall–Kier alpha value is -1.69. The number of rotatable bonds is 2. The van der Waals surface area contributed by atoms with E-state index in [1.165, 1.54) is 12.1 Å². The lowest BCUT2D eigenvalue weighted by molar-refractivity contribution is -0.385. The normalized spacial score (nSPS) is 20.4. The fourth-order valence-electron chi connectivity index (χ4n) is 2.02. The van der Waals surface area contributed by atoms with Crippen molar-refractivity contribution in [3.05, 3.63) is 34.1 Å². The van der Waals surface area contributed by atoms with Gasteiger partial charge in [-0.3, -0.25) is 10.1 Å². The van der Waals surface area contributed by atoms with E-state index < -0.39 is 10.7 Å². The summed E-state index contributed by atoms with van der Waals surface area (Å²) < 4.78 is 13.8. The van der Waals surface area contributed by atoms with Crippen LogP contribution in [0.5, 0.6) is 0 Å². The Morgan fingerprint density at radius 3 is 2.94 bits per heavy atom. The van der Waals surface area contributed by atoms with Crippen molar-refractivity contribution < 1.29 is 9.31 Å². The van der Waals surface area contributed by atoms with Gasteiger partial charge in [-0.1, -0.05) is 0 Å². The van der Waals surface area contributed by atoms with Crippen LogP contribution in [0, 0.1) is 15.9 Å². The molecule has 1 aliphatic rings. The SMILES string of the molecule is CC1CN(c2ccc([N+](=O)[O-])cc2F)CCN1. The maximum atomic E-state index is 13.8. The summed E-state index contributed by atoms with van der Waals surface area (Å²) in [5, 5.41) is 13.8. The topological polar surface area (TPSA) is 58.4 Å². The molecule has 0 aromatic heterocycles. The molecule has 1 N–H and O–H groups in total. The van der Waals surface area contributed by atoms with E-state index in [2.05, 4.69) is 5.32 Å². The number of hydrogen-bond acceptors (Lipinski definition) is 4. The van der Waals surface area contributed by atoms with Crippen molar-refractivity contribution in [2.24, 2.45) is 0 Å². The molecule has 92 valence electrons. The second-order valence-electron chi connectivity index (χ2n) is 4.19. The highest BCUT2D eigenvalue weighted by molar-refractivity contribution is 5.52. The molecule has 1 aliphatic heterocycles. The van der Waals surface area contributed by atoms with Crippen LogP contribution < -0.4 is 10.2 Å². The minimum atomic E-state index is -0.590. The van der Waals surface area contributed by atoms with Gasteiger partial charge in [-0.2, -0.15) is 0 Å². The van der Waals surface area contributed by atoms with Gasteiger partial charge < -0.3 is 10.2 Å². The molecule has 0 aliphatic carbocycles. The van der Waals surface area contributed by atoms with Gasteiger partial charge in [0.15, 0.2) is 5.82 Å². The van der Waals surface area contributed by atoms with Crippen LogP contribution in [0.3, 0.4) is 0 Å². The molecule has 1 heterocycles. The van der Waals surface area contributed by atoms with Gasteiger partial charge in [-0.25, -0.2) is 4.39 Å². The molecule has 5 nitrogen and oxygen atoms in total. The molecule has 1 fully saturated rings.